The van der Waals surface area contributed by atoms with Gasteiger partial charge in [0, 0.05) is 11.3 Å². The molecule has 0 aliphatic heterocycles. The summed E-state index contributed by atoms with van der Waals surface area (Å²) in [6.45, 7) is 2.51. The Balaban J connectivity index is 1.98. The molecule has 0 aliphatic carbocycles. The molecule has 0 atom stereocenters. The first-order chi connectivity index (χ1) is 13.1. The van der Waals surface area contributed by atoms with Crippen molar-refractivity contribution in [3.8, 4) is 11.5 Å². The number of carbonyl (C=O) groups excluding carboxylic acids is 1. The number of hydrogen-bond donors (Lipinski definition) is 0. The summed E-state index contributed by atoms with van der Waals surface area (Å²) >= 11 is 0. The Hall–Kier alpha value is -3.27. The summed E-state index contributed by atoms with van der Waals surface area (Å²) in [6, 6.07) is 23.1. The number of aryl methyl sites for hydroxylation is 1. The summed E-state index contributed by atoms with van der Waals surface area (Å²) in [5.74, 6) is 1.04. The van der Waals surface area contributed by atoms with Crippen molar-refractivity contribution in [3.05, 3.63) is 89.5 Å². The topological polar surface area (TPSA) is 38.8 Å². The molecule has 0 radical (unpaired) electrons. The van der Waals surface area contributed by atoms with Crippen LogP contribution in [-0.2, 0) is 6.54 Å². The Labute approximate surface area is 160 Å². The van der Waals surface area contributed by atoms with Crippen LogP contribution < -0.4 is 14.4 Å². The zero-order chi connectivity index (χ0) is 19.2. The molecule has 0 aliphatic rings. The molecule has 27 heavy (non-hydrogen) atoms. The van der Waals surface area contributed by atoms with Crippen LogP contribution in [0.15, 0.2) is 72.8 Å². The summed E-state index contributed by atoms with van der Waals surface area (Å²) in [6.07, 6.45) is 0. The van der Waals surface area contributed by atoms with Crippen LogP contribution in [0.4, 0.5) is 5.69 Å². The number of ether oxygens (including phenoxy) is 2. The second kappa shape index (κ2) is 8.41. The Morgan fingerprint density at radius 3 is 2.15 bits per heavy atom. The van der Waals surface area contributed by atoms with E-state index in [1.54, 1.807) is 37.3 Å². The van der Waals surface area contributed by atoms with Gasteiger partial charge in [0.2, 0.25) is 0 Å². The van der Waals surface area contributed by atoms with Crippen LogP contribution >= 0.6 is 0 Å². The van der Waals surface area contributed by atoms with E-state index >= 15 is 0 Å². The molecule has 0 bridgehead atoms. The largest absolute Gasteiger partial charge is 0.493 e. The second-order valence-electron chi connectivity index (χ2n) is 6.28. The van der Waals surface area contributed by atoms with Gasteiger partial charge in [0.25, 0.3) is 5.91 Å². The molecule has 0 saturated heterocycles. The van der Waals surface area contributed by atoms with E-state index in [1.807, 2.05) is 61.5 Å². The minimum absolute atomic E-state index is 0.0938. The van der Waals surface area contributed by atoms with Gasteiger partial charge in [-0.1, -0.05) is 48.0 Å². The number of benzene rings is 3. The van der Waals surface area contributed by atoms with Gasteiger partial charge in [0.05, 0.1) is 20.8 Å². The Morgan fingerprint density at radius 2 is 1.52 bits per heavy atom. The fraction of sp³-hybridized carbons (Fsp3) is 0.174. The molecule has 3 aromatic carbocycles. The van der Waals surface area contributed by atoms with Crippen molar-refractivity contribution >= 4 is 11.6 Å². The Bertz CT molecular complexity index is 905. The van der Waals surface area contributed by atoms with E-state index in [-0.39, 0.29) is 5.91 Å². The van der Waals surface area contributed by atoms with E-state index in [0.29, 0.717) is 23.6 Å². The lowest BCUT2D eigenvalue weighted by molar-refractivity contribution is 0.0984. The highest BCUT2D eigenvalue weighted by molar-refractivity contribution is 6.06. The zero-order valence-electron chi connectivity index (χ0n) is 15.8. The van der Waals surface area contributed by atoms with Gasteiger partial charge in [0.15, 0.2) is 11.5 Å². The van der Waals surface area contributed by atoms with E-state index in [9.17, 15) is 4.79 Å². The number of hydrogen-bond acceptors (Lipinski definition) is 3. The van der Waals surface area contributed by atoms with Gasteiger partial charge in [-0.05, 0) is 42.8 Å². The second-order valence-corrected chi connectivity index (χ2v) is 6.28. The lowest BCUT2D eigenvalue weighted by Gasteiger charge is -2.24. The molecule has 0 saturated carbocycles. The molecule has 0 heterocycles. The Kier molecular flexibility index (Phi) is 5.77. The molecule has 4 heteroatoms. The van der Waals surface area contributed by atoms with Crippen molar-refractivity contribution in [2.45, 2.75) is 13.5 Å². The van der Waals surface area contributed by atoms with Crippen molar-refractivity contribution < 1.29 is 14.3 Å². The van der Waals surface area contributed by atoms with Crippen molar-refractivity contribution in [2.75, 3.05) is 19.1 Å². The lowest BCUT2D eigenvalue weighted by Crippen LogP contribution is -2.30. The number of rotatable bonds is 6. The summed E-state index contributed by atoms with van der Waals surface area (Å²) in [7, 11) is 3.14. The molecule has 0 aromatic heterocycles. The molecule has 3 aromatic rings. The summed E-state index contributed by atoms with van der Waals surface area (Å²) in [4.78, 5) is 15.1. The minimum atomic E-state index is -0.0938. The van der Waals surface area contributed by atoms with Gasteiger partial charge in [-0.3, -0.25) is 4.79 Å². The van der Waals surface area contributed by atoms with E-state index in [2.05, 4.69) is 0 Å². The molecule has 1 amide bonds. The van der Waals surface area contributed by atoms with Gasteiger partial charge < -0.3 is 14.4 Å². The quantitative estimate of drug-likeness (QED) is 0.629. The van der Waals surface area contributed by atoms with E-state index in [4.69, 9.17) is 9.47 Å². The van der Waals surface area contributed by atoms with Crippen molar-refractivity contribution in [2.24, 2.45) is 0 Å². The maximum atomic E-state index is 13.3. The van der Waals surface area contributed by atoms with Gasteiger partial charge >= 0.3 is 0 Å². The first-order valence-electron chi connectivity index (χ1n) is 8.77. The highest BCUT2D eigenvalue weighted by atomic mass is 16.5. The Morgan fingerprint density at radius 1 is 0.852 bits per heavy atom. The normalized spacial score (nSPS) is 10.3. The SMILES string of the molecule is COc1ccc(C(=O)N(Cc2ccccc2)c2ccc(C)cc2)cc1OC. The molecule has 0 fully saturated rings. The smallest absolute Gasteiger partial charge is 0.258 e. The van der Waals surface area contributed by atoms with Crippen LogP contribution in [0.3, 0.4) is 0 Å². The molecular formula is C23H23NO3. The van der Waals surface area contributed by atoms with E-state index in [0.717, 1.165) is 16.8 Å². The predicted molar refractivity (Wildman–Crippen MR) is 108 cm³/mol. The first kappa shape index (κ1) is 18.5. The minimum Gasteiger partial charge on any atom is -0.493 e. The molecular weight excluding hydrogens is 338 g/mol. The predicted octanol–water partition coefficient (Wildman–Crippen LogP) is 4.86. The van der Waals surface area contributed by atoms with Gasteiger partial charge in [-0.2, -0.15) is 0 Å². The van der Waals surface area contributed by atoms with E-state index in [1.165, 1.54) is 0 Å². The number of amides is 1. The number of carbonyl (C=O) groups is 1. The maximum Gasteiger partial charge on any atom is 0.258 e. The highest BCUT2D eigenvalue weighted by Gasteiger charge is 2.20. The van der Waals surface area contributed by atoms with Crippen LogP contribution in [0.1, 0.15) is 21.5 Å². The van der Waals surface area contributed by atoms with E-state index < -0.39 is 0 Å². The summed E-state index contributed by atoms with van der Waals surface area (Å²) < 4.78 is 10.6. The van der Waals surface area contributed by atoms with Gasteiger partial charge in [-0.25, -0.2) is 0 Å². The van der Waals surface area contributed by atoms with Crippen LogP contribution in [0.5, 0.6) is 11.5 Å². The number of methoxy groups -OCH3 is 2. The fourth-order valence-corrected chi connectivity index (χ4v) is 2.90. The average molecular weight is 361 g/mol. The standard InChI is InChI=1S/C23H23NO3/c1-17-9-12-20(13-10-17)24(16-18-7-5-4-6-8-18)23(25)19-11-14-21(26-2)22(15-19)27-3/h4-15H,16H2,1-3H3. The first-order valence-corrected chi connectivity index (χ1v) is 8.77. The third-order valence-electron chi connectivity index (χ3n) is 4.40. The fourth-order valence-electron chi connectivity index (χ4n) is 2.90. The molecule has 0 spiro atoms. The molecule has 0 unspecified atom stereocenters. The molecule has 0 N–H and O–H groups in total. The van der Waals surface area contributed by atoms with Crippen LogP contribution in [0.2, 0.25) is 0 Å². The molecule has 4 nitrogen and oxygen atoms in total. The summed E-state index contributed by atoms with van der Waals surface area (Å²) in [5, 5.41) is 0. The third kappa shape index (κ3) is 4.29. The maximum absolute atomic E-state index is 13.3. The van der Waals surface area contributed by atoms with Crippen molar-refractivity contribution in [3.63, 3.8) is 0 Å². The van der Waals surface area contributed by atoms with Crippen LogP contribution in [-0.4, -0.2) is 20.1 Å². The number of nitrogens with zero attached hydrogens (tertiary/aromatic N) is 1. The zero-order valence-corrected chi connectivity index (χ0v) is 15.8. The third-order valence-corrected chi connectivity index (χ3v) is 4.40. The highest BCUT2D eigenvalue weighted by Crippen LogP contribution is 2.29. The molecule has 138 valence electrons. The average Bonchev–Trinajstić information content (AvgIpc) is 2.72. The van der Waals surface area contributed by atoms with Crippen molar-refractivity contribution in [1.29, 1.82) is 0 Å². The lowest BCUT2D eigenvalue weighted by atomic mass is 10.1. The number of anilines is 1. The van der Waals surface area contributed by atoms with Crippen LogP contribution in [0.25, 0.3) is 0 Å². The van der Waals surface area contributed by atoms with Gasteiger partial charge in [0.1, 0.15) is 0 Å². The van der Waals surface area contributed by atoms with Crippen molar-refractivity contribution in [1.82, 2.24) is 0 Å². The molecule has 3 rings (SSSR count). The van der Waals surface area contributed by atoms with Crippen LogP contribution in [0, 0.1) is 6.92 Å². The monoisotopic (exact) mass is 361 g/mol. The summed E-state index contributed by atoms with van der Waals surface area (Å²) in [5.41, 5.74) is 3.61. The van der Waals surface area contributed by atoms with Gasteiger partial charge in [-0.15, -0.1) is 0 Å².